The molecule has 0 aliphatic carbocycles. The van der Waals surface area contributed by atoms with Crippen LogP contribution in [0.25, 0.3) is 5.65 Å². The van der Waals surface area contributed by atoms with Gasteiger partial charge in [0.1, 0.15) is 5.82 Å². The first kappa shape index (κ1) is 20.2. The Morgan fingerprint density at radius 1 is 1.19 bits per heavy atom. The molecule has 2 aromatic rings. The van der Waals surface area contributed by atoms with Crippen molar-refractivity contribution in [1.29, 1.82) is 0 Å². The lowest BCUT2D eigenvalue weighted by Gasteiger charge is -2.29. The summed E-state index contributed by atoms with van der Waals surface area (Å²) in [6.07, 6.45) is 5.56. The fourth-order valence-corrected chi connectivity index (χ4v) is 3.09. The second kappa shape index (κ2) is 10.1. The summed E-state index contributed by atoms with van der Waals surface area (Å²) in [5, 5.41) is 24.5. The standard InChI is InChI=1S/C19H32N6O/c1-4-19(5-2,11-14-26)15-22-18(20-6-3)21-12-10-17-24-23-16-9-7-8-13-25(16)17/h7-9,13,26H,4-6,10-12,14-15H2,1-3H3,(H2,20,21,22). The number of hydrogen-bond acceptors (Lipinski definition) is 4. The Bertz CT molecular complexity index is 692. The predicted octanol–water partition coefficient (Wildman–Crippen LogP) is 2.02. The zero-order valence-corrected chi connectivity index (χ0v) is 16.2. The highest BCUT2D eigenvalue weighted by Gasteiger charge is 2.25. The Balaban J connectivity index is 1.96. The van der Waals surface area contributed by atoms with E-state index in [-0.39, 0.29) is 12.0 Å². The molecule has 0 unspecified atom stereocenters. The quantitative estimate of drug-likeness (QED) is 0.446. The lowest BCUT2D eigenvalue weighted by molar-refractivity contribution is 0.175. The van der Waals surface area contributed by atoms with Gasteiger partial charge in [0.05, 0.1) is 0 Å². The lowest BCUT2D eigenvalue weighted by atomic mass is 9.79. The van der Waals surface area contributed by atoms with Crippen molar-refractivity contribution in [2.75, 3.05) is 26.2 Å². The molecule has 144 valence electrons. The normalized spacial score (nSPS) is 12.5. The van der Waals surface area contributed by atoms with Gasteiger partial charge in [0.15, 0.2) is 11.6 Å². The van der Waals surface area contributed by atoms with Crippen LogP contribution in [0.4, 0.5) is 0 Å². The van der Waals surface area contributed by atoms with Crippen molar-refractivity contribution in [3.8, 4) is 0 Å². The second-order valence-corrected chi connectivity index (χ2v) is 6.60. The molecule has 0 fully saturated rings. The van der Waals surface area contributed by atoms with Gasteiger partial charge in [-0.3, -0.25) is 9.39 Å². The summed E-state index contributed by atoms with van der Waals surface area (Å²) in [5.74, 6) is 1.74. The van der Waals surface area contributed by atoms with Crippen LogP contribution in [0.15, 0.2) is 29.4 Å². The van der Waals surface area contributed by atoms with Crippen LogP contribution in [0, 0.1) is 5.41 Å². The minimum atomic E-state index is 0.0698. The van der Waals surface area contributed by atoms with Gasteiger partial charge in [-0.15, -0.1) is 10.2 Å². The van der Waals surface area contributed by atoms with E-state index in [9.17, 15) is 5.11 Å². The Hall–Kier alpha value is -2.15. The fourth-order valence-electron chi connectivity index (χ4n) is 3.09. The van der Waals surface area contributed by atoms with Crippen LogP contribution >= 0.6 is 0 Å². The molecular weight excluding hydrogens is 328 g/mol. The van der Waals surface area contributed by atoms with Gasteiger partial charge in [-0.25, -0.2) is 0 Å². The van der Waals surface area contributed by atoms with Gasteiger partial charge in [-0.2, -0.15) is 0 Å². The first-order valence-corrected chi connectivity index (χ1v) is 9.59. The molecule has 0 aromatic carbocycles. The minimum absolute atomic E-state index is 0.0698. The first-order chi connectivity index (χ1) is 12.7. The molecule has 0 atom stereocenters. The van der Waals surface area contributed by atoms with Crippen LogP contribution in [-0.2, 0) is 6.42 Å². The monoisotopic (exact) mass is 360 g/mol. The van der Waals surface area contributed by atoms with Crippen molar-refractivity contribution in [3.05, 3.63) is 30.2 Å². The molecule has 0 saturated carbocycles. The summed E-state index contributed by atoms with van der Waals surface area (Å²) in [5.41, 5.74) is 0.933. The van der Waals surface area contributed by atoms with E-state index in [4.69, 9.17) is 4.99 Å². The van der Waals surface area contributed by atoms with E-state index in [0.717, 1.165) is 56.2 Å². The number of aliphatic hydroxyl groups is 1. The largest absolute Gasteiger partial charge is 0.396 e. The molecule has 0 aliphatic rings. The second-order valence-electron chi connectivity index (χ2n) is 6.60. The average Bonchev–Trinajstić information content (AvgIpc) is 3.08. The van der Waals surface area contributed by atoms with E-state index in [2.05, 4.69) is 41.6 Å². The number of rotatable bonds is 10. The van der Waals surface area contributed by atoms with E-state index < -0.39 is 0 Å². The summed E-state index contributed by atoms with van der Waals surface area (Å²) < 4.78 is 2.01. The maximum Gasteiger partial charge on any atom is 0.191 e. The van der Waals surface area contributed by atoms with Crippen LogP contribution < -0.4 is 10.6 Å². The molecule has 26 heavy (non-hydrogen) atoms. The lowest BCUT2D eigenvalue weighted by Crippen LogP contribution is -2.39. The Labute approximate surface area is 155 Å². The predicted molar refractivity (Wildman–Crippen MR) is 105 cm³/mol. The molecule has 7 heteroatoms. The minimum Gasteiger partial charge on any atom is -0.396 e. The number of fused-ring (bicyclic) bond motifs is 1. The number of aromatic nitrogens is 3. The number of guanidine groups is 1. The van der Waals surface area contributed by atoms with Gasteiger partial charge in [0, 0.05) is 38.9 Å². The zero-order chi connectivity index (χ0) is 18.8. The van der Waals surface area contributed by atoms with E-state index in [1.54, 1.807) is 0 Å². The number of nitrogens with zero attached hydrogens (tertiary/aromatic N) is 4. The highest BCUT2D eigenvalue weighted by atomic mass is 16.3. The van der Waals surface area contributed by atoms with Crippen LogP contribution in [0.3, 0.4) is 0 Å². The maximum absolute atomic E-state index is 9.37. The maximum atomic E-state index is 9.37. The summed E-state index contributed by atoms with van der Waals surface area (Å²) >= 11 is 0. The van der Waals surface area contributed by atoms with Crippen LogP contribution in [0.2, 0.25) is 0 Å². The van der Waals surface area contributed by atoms with E-state index >= 15 is 0 Å². The summed E-state index contributed by atoms with van der Waals surface area (Å²) in [7, 11) is 0. The molecular formula is C19H32N6O. The van der Waals surface area contributed by atoms with Crippen LogP contribution in [-0.4, -0.2) is 51.9 Å². The molecule has 7 nitrogen and oxygen atoms in total. The smallest absolute Gasteiger partial charge is 0.191 e. The highest BCUT2D eigenvalue weighted by Crippen LogP contribution is 2.30. The molecule has 0 aliphatic heterocycles. The fraction of sp³-hybridized carbons (Fsp3) is 0.632. The van der Waals surface area contributed by atoms with Crippen molar-refractivity contribution in [1.82, 2.24) is 25.2 Å². The molecule has 3 N–H and O–H groups in total. The SMILES string of the molecule is CCNC(=NCC(CC)(CC)CCO)NCCc1nnc2ccccn12. The van der Waals surface area contributed by atoms with Crippen molar-refractivity contribution in [2.24, 2.45) is 10.4 Å². The number of pyridine rings is 1. The summed E-state index contributed by atoms with van der Waals surface area (Å²) in [6.45, 7) is 8.86. The molecule has 0 bridgehead atoms. The third-order valence-corrected chi connectivity index (χ3v) is 5.08. The highest BCUT2D eigenvalue weighted by molar-refractivity contribution is 5.79. The third kappa shape index (κ3) is 5.17. The van der Waals surface area contributed by atoms with Gasteiger partial charge in [0.25, 0.3) is 0 Å². The van der Waals surface area contributed by atoms with Crippen molar-refractivity contribution < 1.29 is 5.11 Å². The van der Waals surface area contributed by atoms with E-state index in [1.165, 1.54) is 0 Å². The topological polar surface area (TPSA) is 86.8 Å². The molecule has 0 spiro atoms. The summed E-state index contributed by atoms with van der Waals surface area (Å²) in [6, 6.07) is 5.89. The molecule has 2 heterocycles. The number of aliphatic imine (C=N–C) groups is 1. The number of hydrogen-bond donors (Lipinski definition) is 3. The zero-order valence-electron chi connectivity index (χ0n) is 16.2. The van der Waals surface area contributed by atoms with E-state index in [0.29, 0.717) is 6.54 Å². The molecule has 2 rings (SSSR count). The number of aliphatic hydroxyl groups excluding tert-OH is 1. The Kier molecular flexibility index (Phi) is 7.84. The summed E-state index contributed by atoms with van der Waals surface area (Å²) in [4.78, 5) is 4.77. The van der Waals surface area contributed by atoms with Gasteiger partial charge in [-0.05, 0) is 43.7 Å². The van der Waals surface area contributed by atoms with Gasteiger partial charge < -0.3 is 15.7 Å². The van der Waals surface area contributed by atoms with Gasteiger partial charge in [-0.1, -0.05) is 19.9 Å². The molecule has 0 amide bonds. The number of nitrogens with one attached hydrogen (secondary N) is 2. The van der Waals surface area contributed by atoms with Gasteiger partial charge >= 0.3 is 0 Å². The van der Waals surface area contributed by atoms with Crippen molar-refractivity contribution >= 4 is 11.6 Å². The van der Waals surface area contributed by atoms with Crippen molar-refractivity contribution in [2.45, 2.75) is 46.5 Å². The van der Waals surface area contributed by atoms with Gasteiger partial charge in [0.2, 0.25) is 0 Å². The molecule has 0 radical (unpaired) electrons. The van der Waals surface area contributed by atoms with Crippen LogP contribution in [0.5, 0.6) is 0 Å². The molecule has 2 aromatic heterocycles. The van der Waals surface area contributed by atoms with Crippen molar-refractivity contribution in [3.63, 3.8) is 0 Å². The average molecular weight is 361 g/mol. The Morgan fingerprint density at radius 2 is 2.00 bits per heavy atom. The Morgan fingerprint density at radius 3 is 2.69 bits per heavy atom. The first-order valence-electron chi connectivity index (χ1n) is 9.59. The van der Waals surface area contributed by atoms with Crippen LogP contribution in [0.1, 0.15) is 45.9 Å². The third-order valence-electron chi connectivity index (χ3n) is 5.08. The van der Waals surface area contributed by atoms with E-state index in [1.807, 2.05) is 28.8 Å². The molecule has 0 saturated heterocycles.